The van der Waals surface area contributed by atoms with Crippen LogP contribution < -0.4 is 0 Å². The number of nitrogens with zero attached hydrogens (tertiary/aromatic N) is 5. The zero-order valence-electron chi connectivity index (χ0n) is 16.9. The van der Waals surface area contributed by atoms with Gasteiger partial charge in [-0.15, -0.1) is 0 Å². The van der Waals surface area contributed by atoms with Gasteiger partial charge in [-0.1, -0.05) is 25.7 Å². The van der Waals surface area contributed by atoms with Crippen LogP contribution in [0.2, 0.25) is 0 Å². The lowest BCUT2D eigenvalue weighted by molar-refractivity contribution is -0.134. The topological polar surface area (TPSA) is 54.3 Å². The van der Waals surface area contributed by atoms with Gasteiger partial charge in [0.25, 0.3) is 0 Å². The van der Waals surface area contributed by atoms with Gasteiger partial charge in [-0.2, -0.15) is 5.10 Å². The molecule has 0 N–H and O–H groups in total. The summed E-state index contributed by atoms with van der Waals surface area (Å²) >= 11 is 0. The Labute approximate surface area is 163 Å². The Hall–Kier alpha value is -1.43. The second kappa shape index (κ2) is 8.29. The van der Waals surface area contributed by atoms with E-state index < -0.39 is 0 Å². The average Bonchev–Trinajstić information content (AvgIpc) is 3.42. The summed E-state index contributed by atoms with van der Waals surface area (Å²) in [5, 5.41) is 4.30. The molecule has 0 radical (unpaired) electrons. The summed E-state index contributed by atoms with van der Waals surface area (Å²) < 4.78 is 1.99. The summed E-state index contributed by atoms with van der Waals surface area (Å²) in [7, 11) is 0. The maximum atomic E-state index is 12.8. The van der Waals surface area contributed by atoms with Gasteiger partial charge in [-0.05, 0) is 45.1 Å². The molecule has 3 heterocycles. The van der Waals surface area contributed by atoms with Gasteiger partial charge in [0.15, 0.2) is 0 Å². The van der Waals surface area contributed by atoms with E-state index in [2.05, 4.69) is 26.8 Å². The molecule has 0 unspecified atom stereocenters. The van der Waals surface area contributed by atoms with Crippen molar-refractivity contribution in [2.75, 3.05) is 26.2 Å². The van der Waals surface area contributed by atoms with Gasteiger partial charge >= 0.3 is 0 Å². The van der Waals surface area contributed by atoms with Crippen LogP contribution in [0.25, 0.3) is 0 Å². The summed E-state index contributed by atoms with van der Waals surface area (Å²) in [6, 6.07) is 0. The highest BCUT2D eigenvalue weighted by Crippen LogP contribution is 2.39. The fourth-order valence-corrected chi connectivity index (χ4v) is 5.58. The molecule has 4 rings (SSSR count). The maximum absolute atomic E-state index is 12.8. The molecule has 0 bridgehead atoms. The number of carbonyl (C=O) groups is 1. The number of hydrogen-bond donors (Lipinski definition) is 0. The molecule has 1 aliphatic carbocycles. The second-order valence-electron chi connectivity index (χ2n) is 9.06. The van der Waals surface area contributed by atoms with Crippen molar-refractivity contribution in [1.29, 1.82) is 0 Å². The Morgan fingerprint density at radius 3 is 2.85 bits per heavy atom. The normalized spacial score (nSPS) is 27.1. The molecule has 150 valence electrons. The van der Waals surface area contributed by atoms with Crippen molar-refractivity contribution in [3.8, 4) is 0 Å². The number of amides is 1. The first-order valence-corrected chi connectivity index (χ1v) is 11.0. The first-order valence-electron chi connectivity index (χ1n) is 11.0. The zero-order valence-corrected chi connectivity index (χ0v) is 16.9. The van der Waals surface area contributed by atoms with Crippen LogP contribution in [0.4, 0.5) is 0 Å². The minimum absolute atomic E-state index is 0.304. The van der Waals surface area contributed by atoms with Crippen LogP contribution in [0.3, 0.4) is 0 Å². The Morgan fingerprint density at radius 2 is 2.04 bits per heavy atom. The first kappa shape index (κ1) is 18.9. The largest absolute Gasteiger partial charge is 0.342 e. The number of likely N-dealkylation sites (tertiary alicyclic amines) is 2. The Morgan fingerprint density at radius 1 is 1.19 bits per heavy atom. The lowest BCUT2D eigenvalue weighted by atomic mass is 9.79. The van der Waals surface area contributed by atoms with E-state index in [9.17, 15) is 4.79 Å². The van der Waals surface area contributed by atoms with Gasteiger partial charge in [0.1, 0.15) is 12.2 Å². The molecule has 1 amide bonds. The van der Waals surface area contributed by atoms with Crippen LogP contribution in [0.1, 0.15) is 70.5 Å². The summed E-state index contributed by atoms with van der Waals surface area (Å²) in [5.41, 5.74) is 0.304. The van der Waals surface area contributed by atoms with E-state index in [0.29, 0.717) is 11.3 Å². The van der Waals surface area contributed by atoms with Crippen molar-refractivity contribution in [2.45, 2.75) is 77.8 Å². The smallest absolute Gasteiger partial charge is 0.222 e. The summed E-state index contributed by atoms with van der Waals surface area (Å²) in [5.74, 6) is 2.28. The number of aromatic nitrogens is 3. The van der Waals surface area contributed by atoms with Crippen LogP contribution in [-0.2, 0) is 17.9 Å². The van der Waals surface area contributed by atoms with Crippen molar-refractivity contribution < 1.29 is 4.79 Å². The molecule has 1 aromatic heterocycles. The number of rotatable bonds is 6. The quantitative estimate of drug-likeness (QED) is 0.769. The van der Waals surface area contributed by atoms with E-state index in [1.54, 1.807) is 6.33 Å². The zero-order chi connectivity index (χ0) is 18.7. The highest BCUT2D eigenvalue weighted by molar-refractivity contribution is 5.76. The lowest BCUT2D eigenvalue weighted by Crippen LogP contribution is -2.47. The Balaban J connectivity index is 1.30. The van der Waals surface area contributed by atoms with E-state index >= 15 is 0 Å². The van der Waals surface area contributed by atoms with Gasteiger partial charge in [0.2, 0.25) is 5.91 Å². The molecule has 1 aromatic rings. The van der Waals surface area contributed by atoms with E-state index in [0.717, 1.165) is 70.3 Å². The van der Waals surface area contributed by atoms with E-state index in [1.807, 2.05) is 4.68 Å². The molecule has 3 fully saturated rings. The number of piperidine rings is 1. The van der Waals surface area contributed by atoms with Gasteiger partial charge in [0.05, 0.1) is 6.54 Å². The third kappa shape index (κ3) is 4.36. The van der Waals surface area contributed by atoms with Crippen LogP contribution in [0.5, 0.6) is 0 Å². The fourth-order valence-electron chi connectivity index (χ4n) is 5.58. The fraction of sp³-hybridized carbons (Fsp3) is 0.857. The van der Waals surface area contributed by atoms with Crippen molar-refractivity contribution in [3.63, 3.8) is 0 Å². The van der Waals surface area contributed by atoms with Crippen LogP contribution >= 0.6 is 0 Å². The monoisotopic (exact) mass is 373 g/mol. The molecule has 0 aromatic carbocycles. The molecular weight excluding hydrogens is 338 g/mol. The molecule has 1 saturated carbocycles. The minimum atomic E-state index is 0.304. The van der Waals surface area contributed by atoms with Crippen molar-refractivity contribution in [1.82, 2.24) is 24.6 Å². The third-order valence-corrected chi connectivity index (χ3v) is 7.13. The summed E-state index contributed by atoms with van der Waals surface area (Å²) in [6.45, 7) is 8.00. The van der Waals surface area contributed by atoms with E-state index in [4.69, 9.17) is 0 Å². The number of aryl methyl sites for hydroxylation is 1. The van der Waals surface area contributed by atoms with Gasteiger partial charge in [-0.25, -0.2) is 9.67 Å². The molecule has 2 aliphatic heterocycles. The van der Waals surface area contributed by atoms with Crippen molar-refractivity contribution in [3.05, 3.63) is 12.2 Å². The predicted molar refractivity (Wildman–Crippen MR) is 105 cm³/mol. The van der Waals surface area contributed by atoms with E-state index in [-0.39, 0.29) is 0 Å². The molecule has 3 aliphatic rings. The molecule has 1 atom stereocenters. The van der Waals surface area contributed by atoms with Crippen LogP contribution in [0.15, 0.2) is 6.33 Å². The molecule has 6 heteroatoms. The molecule has 1 spiro atoms. The lowest BCUT2D eigenvalue weighted by Gasteiger charge is -2.40. The molecule has 27 heavy (non-hydrogen) atoms. The minimum Gasteiger partial charge on any atom is -0.342 e. The first-order chi connectivity index (χ1) is 13.2. The Kier molecular flexibility index (Phi) is 5.81. The SMILES string of the molecule is CCn1ncnc1CN1CC[C@]2(CCCN(C(=O)CCC3CCCC3)C2)C1. The molecule has 2 saturated heterocycles. The highest BCUT2D eigenvalue weighted by atomic mass is 16.2. The van der Waals surface area contributed by atoms with Crippen molar-refractivity contribution >= 4 is 5.91 Å². The predicted octanol–water partition coefficient (Wildman–Crippen LogP) is 3.08. The highest BCUT2D eigenvalue weighted by Gasteiger charge is 2.42. The summed E-state index contributed by atoms with van der Waals surface area (Å²) in [6.07, 6.45) is 12.6. The number of hydrogen-bond acceptors (Lipinski definition) is 4. The molecular formula is C21H35N5O. The third-order valence-electron chi connectivity index (χ3n) is 7.13. The standard InChI is InChI=1S/C21H35N5O/c1-2-26-19(22-17-23-26)14-24-13-11-21(15-24)10-5-12-25(16-21)20(27)9-8-18-6-3-4-7-18/h17-18H,2-16H2,1H3/t21-/m1/s1. The van der Waals surface area contributed by atoms with Crippen molar-refractivity contribution in [2.24, 2.45) is 11.3 Å². The summed E-state index contributed by atoms with van der Waals surface area (Å²) in [4.78, 5) is 21.9. The van der Waals surface area contributed by atoms with Gasteiger partial charge < -0.3 is 4.90 Å². The van der Waals surface area contributed by atoms with Crippen LogP contribution in [0, 0.1) is 11.3 Å². The Bertz CT molecular complexity index is 638. The van der Waals surface area contributed by atoms with Gasteiger partial charge in [-0.3, -0.25) is 9.69 Å². The van der Waals surface area contributed by atoms with Gasteiger partial charge in [0, 0.05) is 38.0 Å². The molecule has 6 nitrogen and oxygen atoms in total. The van der Waals surface area contributed by atoms with E-state index in [1.165, 1.54) is 38.5 Å². The average molecular weight is 374 g/mol. The maximum Gasteiger partial charge on any atom is 0.222 e. The number of carbonyl (C=O) groups excluding carboxylic acids is 1. The second-order valence-corrected chi connectivity index (χ2v) is 9.06. The van der Waals surface area contributed by atoms with Crippen LogP contribution in [-0.4, -0.2) is 56.7 Å².